The van der Waals surface area contributed by atoms with E-state index in [2.05, 4.69) is 4.72 Å². The zero-order chi connectivity index (χ0) is 18.8. The van der Waals surface area contributed by atoms with Gasteiger partial charge in [-0.3, -0.25) is 10.1 Å². The lowest BCUT2D eigenvalue weighted by atomic mass is 10.1. The molecule has 1 aliphatic rings. The molecule has 0 aromatic heterocycles. The van der Waals surface area contributed by atoms with Crippen molar-refractivity contribution >= 4 is 40.4 Å². The van der Waals surface area contributed by atoms with Gasteiger partial charge in [-0.05, 0) is 18.8 Å². The summed E-state index contributed by atoms with van der Waals surface area (Å²) in [6.07, 6.45) is 0.913. The summed E-state index contributed by atoms with van der Waals surface area (Å²) in [5, 5.41) is 10.4. The smallest absolute Gasteiger partial charge is 0.423 e. The van der Waals surface area contributed by atoms with Gasteiger partial charge >= 0.3 is 6.18 Å². The number of nitro benzene ring substituents is 1. The van der Waals surface area contributed by atoms with Gasteiger partial charge in [-0.1, -0.05) is 6.08 Å². The van der Waals surface area contributed by atoms with Crippen LogP contribution in [0.2, 0.25) is 0 Å². The molecule has 2 unspecified atom stereocenters. The second kappa shape index (κ2) is 7.90. The van der Waals surface area contributed by atoms with E-state index in [1.54, 1.807) is 12.3 Å². The Hall–Kier alpha value is -1.36. The van der Waals surface area contributed by atoms with E-state index in [9.17, 15) is 27.8 Å². The minimum Gasteiger partial charge on any atom is -0.588 e. The monoisotopic (exact) mass is 412 g/mol. The molecule has 0 amide bonds. The Morgan fingerprint density at radius 3 is 2.68 bits per heavy atom. The van der Waals surface area contributed by atoms with Crippen molar-refractivity contribution in [1.29, 1.82) is 0 Å². The molecule has 0 fully saturated rings. The number of nitrogens with one attached hydrogen (secondary N) is 1. The summed E-state index contributed by atoms with van der Waals surface area (Å²) < 4.78 is 54.0. The maximum atomic E-state index is 13.0. The number of allylic oxidation sites excluding steroid dienone is 2. The van der Waals surface area contributed by atoms with Crippen LogP contribution in [0.3, 0.4) is 0 Å². The molecule has 1 aromatic rings. The van der Waals surface area contributed by atoms with Gasteiger partial charge < -0.3 is 4.55 Å². The summed E-state index contributed by atoms with van der Waals surface area (Å²) in [6, 6.07) is 2.24. The molecule has 1 aromatic carbocycles. The first-order valence-corrected chi connectivity index (χ1v) is 9.59. The summed E-state index contributed by atoms with van der Waals surface area (Å²) in [5.41, 5.74) is -2.08. The van der Waals surface area contributed by atoms with Gasteiger partial charge in [0.15, 0.2) is 4.90 Å². The third-order valence-electron chi connectivity index (χ3n) is 3.25. The van der Waals surface area contributed by atoms with Gasteiger partial charge in [0, 0.05) is 23.1 Å². The average molecular weight is 413 g/mol. The second-order valence-corrected chi connectivity index (χ2v) is 7.53. The molecule has 0 saturated heterocycles. The SMILES string of the molecule is CSC1=CCC(Cl)C=C1N[S+]([O-])c1ccc([N+](=O)[O-])c(C(F)(F)F)c1. The zero-order valence-electron chi connectivity index (χ0n) is 12.7. The number of nitrogens with zero attached hydrogens (tertiary/aromatic N) is 1. The van der Waals surface area contributed by atoms with Crippen molar-refractivity contribution in [2.45, 2.75) is 22.9 Å². The molecular formula is C14H12ClF3N2O3S2. The van der Waals surface area contributed by atoms with Crippen LogP contribution in [0.5, 0.6) is 0 Å². The molecule has 2 rings (SSSR count). The third-order valence-corrected chi connectivity index (χ3v) is 5.47. The van der Waals surface area contributed by atoms with Gasteiger partial charge in [0.25, 0.3) is 5.69 Å². The standard InChI is InChI=1S/C14H12ClF3N2O3S2/c1-24-13-5-2-8(15)6-11(13)19-25(23)9-3-4-12(20(21)22)10(7-9)14(16,17)18/h3-8,19H,2H2,1H3. The van der Waals surface area contributed by atoms with E-state index >= 15 is 0 Å². The van der Waals surface area contributed by atoms with Crippen LogP contribution in [0.4, 0.5) is 18.9 Å². The third kappa shape index (κ3) is 4.84. The van der Waals surface area contributed by atoms with E-state index in [-0.39, 0.29) is 10.3 Å². The lowest BCUT2D eigenvalue weighted by molar-refractivity contribution is -0.388. The van der Waals surface area contributed by atoms with Gasteiger partial charge in [-0.2, -0.15) is 13.2 Å². The molecule has 0 spiro atoms. The fraction of sp³-hybridized carbons (Fsp3) is 0.286. The quantitative estimate of drug-likeness (QED) is 0.336. The van der Waals surface area contributed by atoms with E-state index in [0.717, 1.165) is 11.0 Å². The summed E-state index contributed by atoms with van der Waals surface area (Å²) in [4.78, 5) is 10.2. The molecule has 0 aliphatic heterocycles. The van der Waals surface area contributed by atoms with Crippen LogP contribution in [0.25, 0.3) is 0 Å². The number of benzene rings is 1. The Balaban J connectivity index is 2.32. The molecule has 0 bridgehead atoms. The van der Waals surface area contributed by atoms with E-state index in [1.807, 2.05) is 6.08 Å². The Kier molecular flexibility index (Phi) is 6.30. The van der Waals surface area contributed by atoms with Crippen molar-refractivity contribution in [2.75, 3.05) is 6.26 Å². The second-order valence-electron chi connectivity index (χ2n) is 4.91. The maximum Gasteiger partial charge on any atom is 0.423 e. The molecule has 0 radical (unpaired) electrons. The number of rotatable bonds is 5. The van der Waals surface area contributed by atoms with Crippen molar-refractivity contribution in [3.8, 4) is 0 Å². The molecule has 1 aliphatic carbocycles. The molecule has 136 valence electrons. The summed E-state index contributed by atoms with van der Waals surface area (Å²) in [6.45, 7) is 0. The fourth-order valence-corrected chi connectivity index (χ4v) is 3.91. The topological polar surface area (TPSA) is 78.2 Å². The predicted molar refractivity (Wildman–Crippen MR) is 91.6 cm³/mol. The molecule has 0 heterocycles. The molecule has 0 saturated carbocycles. The predicted octanol–water partition coefficient (Wildman–Crippen LogP) is 4.37. The number of alkyl halides is 4. The van der Waals surface area contributed by atoms with E-state index in [1.165, 1.54) is 11.8 Å². The van der Waals surface area contributed by atoms with Crippen LogP contribution in [0.1, 0.15) is 12.0 Å². The van der Waals surface area contributed by atoms with Gasteiger partial charge in [-0.15, -0.1) is 23.4 Å². The average Bonchev–Trinajstić information content (AvgIpc) is 2.53. The van der Waals surface area contributed by atoms with E-state index in [0.29, 0.717) is 24.3 Å². The number of halogens is 4. The molecule has 25 heavy (non-hydrogen) atoms. The zero-order valence-corrected chi connectivity index (χ0v) is 15.1. The fourth-order valence-electron chi connectivity index (χ4n) is 2.11. The summed E-state index contributed by atoms with van der Waals surface area (Å²) in [5.74, 6) is 0. The minimum atomic E-state index is -4.93. The van der Waals surface area contributed by atoms with Crippen LogP contribution in [-0.2, 0) is 17.5 Å². The van der Waals surface area contributed by atoms with Crippen molar-refractivity contribution < 1.29 is 22.6 Å². The Labute approximate surface area is 153 Å². The molecule has 11 heteroatoms. The van der Waals surface area contributed by atoms with Crippen molar-refractivity contribution in [2.24, 2.45) is 0 Å². The van der Waals surface area contributed by atoms with Crippen LogP contribution < -0.4 is 4.72 Å². The van der Waals surface area contributed by atoms with Crippen molar-refractivity contribution in [3.05, 3.63) is 56.6 Å². The minimum absolute atomic E-state index is 0.226. The molecule has 1 N–H and O–H groups in total. The highest BCUT2D eigenvalue weighted by atomic mass is 35.5. The molecule has 2 atom stereocenters. The number of thioether (sulfide) groups is 1. The van der Waals surface area contributed by atoms with Gasteiger partial charge in [0.2, 0.25) is 0 Å². The summed E-state index contributed by atoms with van der Waals surface area (Å²) in [7, 11) is 0. The highest BCUT2D eigenvalue weighted by Gasteiger charge is 2.39. The first-order valence-electron chi connectivity index (χ1n) is 6.78. The Morgan fingerprint density at radius 1 is 1.44 bits per heavy atom. The lowest BCUT2D eigenvalue weighted by Gasteiger charge is -2.20. The Morgan fingerprint density at radius 2 is 2.12 bits per heavy atom. The van der Waals surface area contributed by atoms with Crippen molar-refractivity contribution in [3.63, 3.8) is 0 Å². The van der Waals surface area contributed by atoms with Gasteiger partial charge in [0.05, 0.1) is 16.0 Å². The van der Waals surface area contributed by atoms with Crippen LogP contribution in [0, 0.1) is 10.1 Å². The maximum absolute atomic E-state index is 13.0. The Bertz CT molecular complexity index is 741. The van der Waals surface area contributed by atoms with E-state index < -0.39 is 33.7 Å². The van der Waals surface area contributed by atoms with Crippen LogP contribution in [0.15, 0.2) is 45.8 Å². The largest absolute Gasteiger partial charge is 0.588 e. The highest BCUT2D eigenvalue weighted by molar-refractivity contribution is 8.02. The van der Waals surface area contributed by atoms with Crippen LogP contribution in [-0.4, -0.2) is 21.1 Å². The van der Waals surface area contributed by atoms with Crippen LogP contribution >= 0.6 is 23.4 Å². The number of hydrogen-bond donors (Lipinski definition) is 1. The van der Waals surface area contributed by atoms with Gasteiger partial charge in [-0.25, -0.2) is 4.72 Å². The molecular weight excluding hydrogens is 401 g/mol. The normalized spacial score (nSPS) is 19.0. The molecule has 5 nitrogen and oxygen atoms in total. The van der Waals surface area contributed by atoms with Gasteiger partial charge in [0.1, 0.15) is 16.9 Å². The number of hydrogen-bond acceptors (Lipinski definition) is 5. The first-order chi connectivity index (χ1) is 11.6. The highest BCUT2D eigenvalue weighted by Crippen LogP contribution is 2.37. The first kappa shape index (κ1) is 20.0. The number of nitro groups is 1. The summed E-state index contributed by atoms with van der Waals surface area (Å²) >= 11 is 5.35. The lowest BCUT2D eigenvalue weighted by Crippen LogP contribution is -2.26. The van der Waals surface area contributed by atoms with Crippen molar-refractivity contribution in [1.82, 2.24) is 4.72 Å². The van der Waals surface area contributed by atoms with E-state index in [4.69, 9.17) is 11.6 Å².